The van der Waals surface area contributed by atoms with Gasteiger partial charge in [-0.15, -0.1) is 6.58 Å². The lowest BCUT2D eigenvalue weighted by Crippen LogP contribution is -2.28. The number of hydrogen-bond donors (Lipinski definition) is 2. The van der Waals surface area contributed by atoms with Crippen molar-refractivity contribution in [2.75, 3.05) is 13.2 Å². The molecule has 21 heavy (non-hydrogen) atoms. The number of aryl methyl sites for hydroxylation is 1. The molecule has 1 aromatic carbocycles. The lowest BCUT2D eigenvalue weighted by atomic mass is 10.1. The number of aromatic nitrogens is 1. The van der Waals surface area contributed by atoms with Crippen LogP contribution in [0.15, 0.2) is 43.1 Å². The Morgan fingerprint density at radius 1 is 1.33 bits per heavy atom. The van der Waals surface area contributed by atoms with Crippen molar-refractivity contribution in [2.45, 2.75) is 12.8 Å². The quantitative estimate of drug-likeness (QED) is 0.603. The summed E-state index contributed by atoms with van der Waals surface area (Å²) in [5, 5.41) is 3.65. The van der Waals surface area contributed by atoms with Crippen LogP contribution in [0.1, 0.15) is 12.0 Å². The summed E-state index contributed by atoms with van der Waals surface area (Å²) in [4.78, 5) is 26.1. The van der Waals surface area contributed by atoms with Gasteiger partial charge in [-0.25, -0.2) is 0 Å². The van der Waals surface area contributed by atoms with Crippen LogP contribution >= 0.6 is 0 Å². The second-order valence-electron chi connectivity index (χ2n) is 4.61. The number of carbonyl (C=O) groups is 2. The molecular formula is C16H18N2O3. The highest BCUT2D eigenvalue weighted by atomic mass is 16.5. The summed E-state index contributed by atoms with van der Waals surface area (Å²) < 4.78 is 4.92. The van der Waals surface area contributed by atoms with Crippen LogP contribution in [0.25, 0.3) is 10.9 Å². The molecule has 1 amide bonds. The van der Waals surface area contributed by atoms with Crippen molar-refractivity contribution in [3.63, 3.8) is 0 Å². The number of carbonyl (C=O) groups excluding carboxylic acids is 2. The summed E-state index contributed by atoms with van der Waals surface area (Å²) in [5.41, 5.74) is 2.11. The van der Waals surface area contributed by atoms with Crippen molar-refractivity contribution >= 4 is 22.8 Å². The highest BCUT2D eigenvalue weighted by Crippen LogP contribution is 2.18. The van der Waals surface area contributed by atoms with E-state index in [2.05, 4.69) is 16.9 Å². The molecule has 0 unspecified atom stereocenters. The number of ether oxygens (including phenoxy) is 1. The second-order valence-corrected chi connectivity index (χ2v) is 4.61. The topological polar surface area (TPSA) is 71.2 Å². The van der Waals surface area contributed by atoms with Crippen molar-refractivity contribution in [1.29, 1.82) is 0 Å². The van der Waals surface area contributed by atoms with Crippen molar-refractivity contribution < 1.29 is 14.3 Å². The van der Waals surface area contributed by atoms with Crippen LogP contribution in [0.3, 0.4) is 0 Å². The van der Waals surface area contributed by atoms with Gasteiger partial charge in [-0.3, -0.25) is 9.59 Å². The van der Waals surface area contributed by atoms with Gasteiger partial charge in [-0.2, -0.15) is 0 Å². The van der Waals surface area contributed by atoms with Gasteiger partial charge in [0.05, 0.1) is 0 Å². The van der Waals surface area contributed by atoms with Crippen molar-refractivity contribution in [1.82, 2.24) is 10.3 Å². The SMILES string of the molecule is C=CCNC(=O)COC(=O)CCc1c[nH]c2ccccc12. The Morgan fingerprint density at radius 2 is 2.14 bits per heavy atom. The summed E-state index contributed by atoms with van der Waals surface area (Å²) >= 11 is 0. The minimum absolute atomic E-state index is 0.247. The zero-order valence-corrected chi connectivity index (χ0v) is 11.7. The molecule has 0 atom stereocenters. The first kappa shape index (κ1) is 14.8. The summed E-state index contributed by atoms with van der Waals surface area (Å²) in [6.07, 6.45) is 4.29. The van der Waals surface area contributed by atoms with Gasteiger partial charge in [-0.05, 0) is 18.1 Å². The summed E-state index contributed by atoms with van der Waals surface area (Å²) in [5.74, 6) is -0.704. The maximum absolute atomic E-state index is 11.6. The van der Waals surface area contributed by atoms with Crippen LogP contribution in [0.2, 0.25) is 0 Å². The Morgan fingerprint density at radius 3 is 2.95 bits per heavy atom. The molecule has 0 saturated heterocycles. The van der Waals surface area contributed by atoms with Crippen LogP contribution < -0.4 is 5.32 Å². The molecule has 1 heterocycles. The van der Waals surface area contributed by atoms with Crippen LogP contribution in [0.5, 0.6) is 0 Å². The lowest BCUT2D eigenvalue weighted by Gasteiger charge is -2.04. The zero-order valence-electron chi connectivity index (χ0n) is 11.7. The standard InChI is InChI=1S/C16H18N2O3/c1-2-9-17-15(19)11-21-16(20)8-7-12-10-18-14-6-4-3-5-13(12)14/h2-6,10,18H,1,7-9,11H2,(H,17,19). The lowest BCUT2D eigenvalue weighted by molar-refractivity contribution is -0.148. The average molecular weight is 286 g/mol. The molecule has 0 aliphatic heterocycles. The van der Waals surface area contributed by atoms with E-state index >= 15 is 0 Å². The van der Waals surface area contributed by atoms with E-state index < -0.39 is 0 Å². The van der Waals surface area contributed by atoms with Gasteiger partial charge >= 0.3 is 5.97 Å². The number of amides is 1. The third-order valence-electron chi connectivity index (χ3n) is 3.08. The van der Waals surface area contributed by atoms with Gasteiger partial charge in [0, 0.05) is 30.1 Å². The van der Waals surface area contributed by atoms with Crippen LogP contribution in [0, 0.1) is 0 Å². The Kier molecular flexibility index (Phi) is 5.15. The van der Waals surface area contributed by atoms with Gasteiger partial charge in [0.15, 0.2) is 6.61 Å². The fourth-order valence-corrected chi connectivity index (χ4v) is 2.03. The molecule has 0 radical (unpaired) electrons. The van der Waals surface area contributed by atoms with E-state index in [1.165, 1.54) is 0 Å². The highest BCUT2D eigenvalue weighted by Gasteiger charge is 2.09. The molecular weight excluding hydrogens is 268 g/mol. The molecule has 5 nitrogen and oxygen atoms in total. The first-order valence-electron chi connectivity index (χ1n) is 6.79. The van der Waals surface area contributed by atoms with Crippen molar-refractivity contribution in [3.8, 4) is 0 Å². The molecule has 2 rings (SSSR count). The maximum atomic E-state index is 11.6. The average Bonchev–Trinajstić information content (AvgIpc) is 2.92. The van der Waals surface area contributed by atoms with Crippen LogP contribution in [-0.2, 0) is 20.7 Å². The predicted octanol–water partition coefficient (Wildman–Crippen LogP) is 1.95. The van der Waals surface area contributed by atoms with E-state index in [9.17, 15) is 9.59 Å². The Labute approximate surface area is 123 Å². The minimum atomic E-state index is -0.381. The number of hydrogen-bond acceptors (Lipinski definition) is 3. The third kappa shape index (κ3) is 4.21. The van der Waals surface area contributed by atoms with Gasteiger partial charge in [0.2, 0.25) is 0 Å². The largest absolute Gasteiger partial charge is 0.456 e. The van der Waals surface area contributed by atoms with E-state index in [-0.39, 0.29) is 24.9 Å². The number of fused-ring (bicyclic) bond motifs is 1. The number of aromatic amines is 1. The zero-order chi connectivity index (χ0) is 15.1. The smallest absolute Gasteiger partial charge is 0.306 e. The van der Waals surface area contributed by atoms with Crippen LogP contribution in [0.4, 0.5) is 0 Å². The van der Waals surface area contributed by atoms with E-state index in [0.29, 0.717) is 13.0 Å². The summed E-state index contributed by atoms with van der Waals surface area (Å²) in [6, 6.07) is 7.91. The number of benzene rings is 1. The van der Waals surface area contributed by atoms with Crippen molar-refractivity contribution in [2.24, 2.45) is 0 Å². The van der Waals surface area contributed by atoms with Gasteiger partial charge in [-0.1, -0.05) is 24.3 Å². The number of esters is 1. The maximum Gasteiger partial charge on any atom is 0.306 e. The molecule has 5 heteroatoms. The first-order chi connectivity index (χ1) is 10.2. The number of H-pyrrole nitrogens is 1. The first-order valence-corrected chi connectivity index (χ1v) is 6.79. The normalized spacial score (nSPS) is 10.3. The molecule has 0 saturated carbocycles. The van der Waals surface area contributed by atoms with Gasteiger partial charge < -0.3 is 15.0 Å². The van der Waals surface area contributed by atoms with E-state index in [0.717, 1.165) is 16.5 Å². The Bertz CT molecular complexity index is 646. The molecule has 0 aliphatic rings. The Hall–Kier alpha value is -2.56. The molecule has 0 spiro atoms. The number of rotatable bonds is 7. The molecule has 0 aliphatic carbocycles. The summed E-state index contributed by atoms with van der Waals surface area (Å²) in [6.45, 7) is 3.60. The monoisotopic (exact) mass is 286 g/mol. The molecule has 1 aromatic heterocycles. The van der Waals surface area contributed by atoms with E-state index in [1.807, 2.05) is 30.5 Å². The number of nitrogens with one attached hydrogen (secondary N) is 2. The molecule has 0 bridgehead atoms. The Balaban J connectivity index is 1.79. The van der Waals surface area contributed by atoms with Crippen LogP contribution in [-0.4, -0.2) is 30.0 Å². The van der Waals surface area contributed by atoms with Crippen molar-refractivity contribution in [3.05, 3.63) is 48.7 Å². The fourth-order valence-electron chi connectivity index (χ4n) is 2.03. The number of para-hydroxylation sites is 1. The molecule has 2 N–H and O–H groups in total. The second kappa shape index (κ2) is 7.28. The highest BCUT2D eigenvalue weighted by molar-refractivity contribution is 5.84. The molecule has 2 aromatic rings. The fraction of sp³-hybridized carbons (Fsp3) is 0.250. The van der Waals surface area contributed by atoms with E-state index in [1.54, 1.807) is 6.08 Å². The predicted molar refractivity (Wildman–Crippen MR) is 80.8 cm³/mol. The van der Waals surface area contributed by atoms with Gasteiger partial charge in [0.25, 0.3) is 5.91 Å². The minimum Gasteiger partial charge on any atom is -0.456 e. The molecule has 110 valence electrons. The third-order valence-corrected chi connectivity index (χ3v) is 3.08. The van der Waals surface area contributed by atoms with E-state index in [4.69, 9.17) is 4.74 Å². The summed E-state index contributed by atoms with van der Waals surface area (Å²) in [7, 11) is 0. The molecule has 0 fully saturated rings. The van der Waals surface area contributed by atoms with Gasteiger partial charge in [0.1, 0.15) is 0 Å².